The van der Waals surface area contributed by atoms with Crippen LogP contribution in [0.4, 0.5) is 0 Å². The van der Waals surface area contributed by atoms with Gasteiger partial charge in [0.15, 0.2) is 12.5 Å². The molecule has 0 saturated carbocycles. The number of rotatable bonds is 16. The highest BCUT2D eigenvalue weighted by molar-refractivity contribution is 7.87. The van der Waals surface area contributed by atoms with Gasteiger partial charge >= 0.3 is 42.7 Å². The van der Waals surface area contributed by atoms with Crippen molar-refractivity contribution in [1.82, 2.24) is 19.1 Å². The van der Waals surface area contributed by atoms with E-state index in [9.17, 15) is 82.0 Å². The van der Waals surface area contributed by atoms with E-state index in [1.54, 1.807) is 0 Å². The van der Waals surface area contributed by atoms with Gasteiger partial charge in [0, 0.05) is 24.5 Å². The maximum atomic E-state index is 12.4. The van der Waals surface area contributed by atoms with Crippen molar-refractivity contribution in [3.63, 3.8) is 0 Å². The molecule has 2 saturated heterocycles. The lowest BCUT2D eigenvalue weighted by Gasteiger charge is -2.23. The molecule has 0 amide bonds. The van der Waals surface area contributed by atoms with Crippen molar-refractivity contribution in [3.8, 4) is 0 Å². The highest BCUT2D eigenvalue weighted by atomic mass is 31.3. The highest BCUT2D eigenvalue weighted by Gasteiger charge is 2.49. The lowest BCUT2D eigenvalue weighted by Crippen LogP contribution is -2.37. The molecule has 35 heteroatoms. The van der Waals surface area contributed by atoms with Gasteiger partial charge in [-0.15, -0.1) is 0 Å². The number of phosphoric ester groups is 2. The minimum Gasteiger partial charge on any atom is -0.387 e. The SMILES string of the molecule is [B]P(=O)(OP(=O)(O)OP(=O)(O)OCC1OC(n2ccc(=O)[nH]c2=O)C(O)C1O)OP(=O)(O)OP(=O)(O)OCC1OC(n2ccc(=O)[nH]c2=O)C(O)C1O. The third kappa shape index (κ3) is 11.5. The maximum Gasteiger partial charge on any atom is 0.487 e. The monoisotopic (exact) mass is 864 g/mol. The van der Waals surface area contributed by atoms with Gasteiger partial charge in [0.1, 0.15) is 36.6 Å². The number of aromatic nitrogens is 4. The van der Waals surface area contributed by atoms with Crippen LogP contribution in [0.3, 0.4) is 0 Å². The summed E-state index contributed by atoms with van der Waals surface area (Å²) in [5.74, 6) is 0. The fraction of sp³-hybridized carbons (Fsp3) is 0.556. The van der Waals surface area contributed by atoms with E-state index in [1.807, 2.05) is 9.97 Å². The number of phosphoric acid groups is 4. The molecule has 2 aromatic rings. The predicted molar refractivity (Wildman–Crippen MR) is 163 cm³/mol. The van der Waals surface area contributed by atoms with E-state index in [1.165, 1.54) is 0 Å². The van der Waals surface area contributed by atoms with Crippen molar-refractivity contribution in [1.29, 1.82) is 0 Å². The normalized spacial score (nSPS) is 31.8. The molecule has 29 nitrogen and oxygen atoms in total. The quantitative estimate of drug-likeness (QED) is 0.0569. The number of aliphatic hydroxyl groups excluding tert-OH is 4. The summed E-state index contributed by atoms with van der Waals surface area (Å²) in [6.45, 7) is -2.48. The summed E-state index contributed by atoms with van der Waals surface area (Å²) in [5.41, 5.74) is -3.84. The number of H-pyrrole nitrogens is 2. The molecule has 10 N–H and O–H groups in total. The van der Waals surface area contributed by atoms with Crippen LogP contribution >= 0.6 is 38.8 Å². The fourth-order valence-electron chi connectivity index (χ4n) is 4.42. The number of aliphatic hydroxyl groups is 4. The zero-order chi connectivity index (χ0) is 39.9. The Bertz CT molecular complexity index is 2010. The molecule has 0 aliphatic carbocycles. The van der Waals surface area contributed by atoms with Crippen molar-refractivity contribution in [2.75, 3.05) is 13.2 Å². The second-order valence-electron chi connectivity index (χ2n) is 10.5. The summed E-state index contributed by atoms with van der Waals surface area (Å²) in [4.78, 5) is 89.3. The molecule has 2 radical (unpaired) electrons. The van der Waals surface area contributed by atoms with Crippen LogP contribution in [0, 0.1) is 0 Å². The topological polar surface area (TPSA) is 431 Å². The first-order valence-electron chi connectivity index (χ1n) is 13.7. The average molecular weight is 864 g/mol. The van der Waals surface area contributed by atoms with Crippen molar-refractivity contribution in [2.24, 2.45) is 0 Å². The van der Waals surface area contributed by atoms with Crippen molar-refractivity contribution < 1.29 is 98.6 Å². The number of aromatic amines is 2. The Balaban J connectivity index is 1.30. The molecule has 4 heterocycles. The minimum atomic E-state index is -6.26. The zero-order valence-electron chi connectivity index (χ0n) is 25.6. The van der Waals surface area contributed by atoms with Crippen molar-refractivity contribution >= 4 is 46.3 Å². The van der Waals surface area contributed by atoms with E-state index >= 15 is 0 Å². The van der Waals surface area contributed by atoms with Gasteiger partial charge in [-0.1, -0.05) is 0 Å². The molecular formula is C18H26BN4O25P5. The van der Waals surface area contributed by atoms with Crippen LogP contribution < -0.4 is 22.5 Å². The Morgan fingerprint density at radius 1 is 0.604 bits per heavy atom. The molecule has 0 bridgehead atoms. The van der Waals surface area contributed by atoms with Gasteiger partial charge in [-0.05, 0) is 0 Å². The number of ether oxygens (including phenoxy) is 2. The van der Waals surface area contributed by atoms with Gasteiger partial charge in [0.05, 0.1) is 13.2 Å². The molecule has 12 atom stereocenters. The van der Waals surface area contributed by atoms with Crippen LogP contribution in [0.2, 0.25) is 0 Å². The van der Waals surface area contributed by atoms with E-state index in [-0.39, 0.29) is 0 Å². The van der Waals surface area contributed by atoms with Crippen LogP contribution in [0.5, 0.6) is 0 Å². The molecule has 4 rings (SSSR count). The predicted octanol–water partition coefficient (Wildman–Crippen LogP) is -3.90. The van der Waals surface area contributed by atoms with Gasteiger partial charge in [-0.3, -0.25) is 42.3 Å². The van der Waals surface area contributed by atoms with Crippen LogP contribution in [0.15, 0.2) is 43.7 Å². The number of nitrogens with zero attached hydrogens (tertiary/aromatic N) is 2. The van der Waals surface area contributed by atoms with E-state index in [4.69, 9.17) is 17.0 Å². The molecule has 2 aromatic heterocycles. The molecule has 296 valence electrons. The summed E-state index contributed by atoms with van der Waals surface area (Å²) in [6.07, 6.45) is -12.9. The molecule has 0 spiro atoms. The minimum absolute atomic E-state index is 0.626. The summed E-state index contributed by atoms with van der Waals surface area (Å²) < 4.78 is 97.0. The third-order valence-corrected chi connectivity index (χ3v) is 14.3. The highest BCUT2D eigenvalue weighted by Crippen LogP contribution is 2.73. The van der Waals surface area contributed by atoms with Crippen LogP contribution in [0.25, 0.3) is 0 Å². The van der Waals surface area contributed by atoms with Crippen molar-refractivity contribution in [2.45, 2.75) is 49.1 Å². The van der Waals surface area contributed by atoms with Gasteiger partial charge in [0.2, 0.25) is 7.57 Å². The Labute approximate surface area is 292 Å². The van der Waals surface area contributed by atoms with E-state index in [2.05, 4.69) is 26.3 Å². The Morgan fingerprint density at radius 3 is 1.26 bits per heavy atom. The van der Waals surface area contributed by atoms with E-state index < -0.39 is 124 Å². The van der Waals surface area contributed by atoms with Crippen LogP contribution in [-0.2, 0) is 58.6 Å². The molecule has 12 unspecified atom stereocenters. The van der Waals surface area contributed by atoms with Crippen molar-refractivity contribution in [3.05, 3.63) is 66.2 Å². The summed E-state index contributed by atoms with van der Waals surface area (Å²) in [5, 5.41) is 40.7. The maximum absolute atomic E-state index is 12.4. The number of nitrogens with one attached hydrogen (secondary N) is 2. The number of hydrogen-bond acceptors (Lipinski definition) is 21. The first-order valence-corrected chi connectivity index (χ1v) is 21.3. The summed E-state index contributed by atoms with van der Waals surface area (Å²) in [6, 6.07) is 1.70. The van der Waals surface area contributed by atoms with E-state index in [0.29, 0.717) is 9.13 Å². The molecule has 2 fully saturated rings. The van der Waals surface area contributed by atoms with Gasteiger partial charge in [-0.25, -0.2) is 36.5 Å². The van der Waals surface area contributed by atoms with Crippen LogP contribution in [0.1, 0.15) is 12.5 Å². The standard InChI is InChI=1S/C18H26BN4O25P5/c19-49(32,45-52(37,38)47-50(33,34)41-5-7-11(26)13(28)15(43-7)22-3-1-9(24)20-17(22)30)46-53(39,40)48-51(35,36)42-6-8-12(27)14(29)16(44-8)23-4-2-10(25)21-18(23)31/h1-4,7-8,11-16,26-29H,5-6H2,(H,33,34)(H,35,36)(H,37,38)(H,39,40)(H,20,24,30)(H,21,25,31). The summed E-state index contributed by atoms with van der Waals surface area (Å²) >= 11 is 0. The molecule has 2 aliphatic heterocycles. The molecule has 53 heavy (non-hydrogen) atoms. The average Bonchev–Trinajstić information content (AvgIpc) is 3.42. The summed E-state index contributed by atoms with van der Waals surface area (Å²) in [7, 11) is -25.3. The largest absolute Gasteiger partial charge is 0.487 e. The van der Waals surface area contributed by atoms with Gasteiger partial charge in [0.25, 0.3) is 18.6 Å². The Kier molecular flexibility index (Phi) is 13.3. The third-order valence-electron chi connectivity index (χ3n) is 6.58. The van der Waals surface area contributed by atoms with E-state index in [0.717, 1.165) is 24.5 Å². The second-order valence-corrected chi connectivity index (χ2v) is 18.4. The first-order chi connectivity index (χ1) is 24.2. The second kappa shape index (κ2) is 16.2. The fourth-order valence-corrected chi connectivity index (χ4v) is 11.0. The lowest BCUT2D eigenvalue weighted by molar-refractivity contribution is -0.0542. The lowest BCUT2D eigenvalue weighted by atomic mass is 10.1. The number of hydrogen-bond donors (Lipinski definition) is 10. The van der Waals surface area contributed by atoms with Gasteiger partial charge < -0.3 is 49.5 Å². The Morgan fingerprint density at radius 2 is 0.943 bits per heavy atom. The smallest absolute Gasteiger partial charge is 0.387 e. The molecule has 2 aliphatic rings. The molecular weight excluding hydrogens is 838 g/mol. The Hall–Kier alpha value is -2.07. The van der Waals surface area contributed by atoms with Crippen LogP contribution in [-0.4, -0.2) is 117 Å². The first kappa shape index (κ1) is 43.7. The molecule has 0 aromatic carbocycles. The zero-order valence-corrected chi connectivity index (χ0v) is 30.0. The van der Waals surface area contributed by atoms with Gasteiger partial charge in [-0.2, -0.15) is 8.62 Å².